The normalized spacial score (nSPS) is 19.1. The zero-order chi connectivity index (χ0) is 25.2. The Morgan fingerprint density at radius 3 is 2.26 bits per heavy atom. The van der Waals surface area contributed by atoms with E-state index >= 15 is 0 Å². The number of likely N-dealkylation sites (tertiary alicyclic amines) is 1. The first-order valence-electron chi connectivity index (χ1n) is 11.7. The first-order chi connectivity index (χ1) is 16.7. The van der Waals surface area contributed by atoms with Crippen molar-refractivity contribution in [1.82, 2.24) is 10.2 Å². The van der Waals surface area contributed by atoms with Gasteiger partial charge in [-0.3, -0.25) is 9.59 Å². The number of aliphatic carboxylic acids is 1. The van der Waals surface area contributed by atoms with Crippen molar-refractivity contribution in [2.24, 2.45) is 5.92 Å². The largest absolute Gasteiger partial charge is 0.481 e. The minimum absolute atomic E-state index is 0.112. The third-order valence-corrected chi connectivity index (χ3v) is 6.69. The Hall–Kier alpha value is -3.49. The fourth-order valence-corrected chi connectivity index (χ4v) is 4.95. The highest BCUT2D eigenvalue weighted by atomic mass is 19.3. The molecule has 2 amide bonds. The van der Waals surface area contributed by atoms with Crippen LogP contribution in [0.25, 0.3) is 11.1 Å². The van der Waals surface area contributed by atoms with Crippen LogP contribution in [0.3, 0.4) is 0 Å². The summed E-state index contributed by atoms with van der Waals surface area (Å²) in [5.74, 6) is -7.77. The number of carbonyl (C=O) groups excluding carboxylic acids is 2. The number of benzene rings is 2. The fraction of sp³-hybridized carbons (Fsp3) is 0.423. The van der Waals surface area contributed by atoms with E-state index in [1.54, 1.807) is 0 Å². The highest BCUT2D eigenvalue weighted by Crippen LogP contribution is 2.44. The van der Waals surface area contributed by atoms with Gasteiger partial charge in [0.15, 0.2) is 0 Å². The molecule has 2 aromatic carbocycles. The number of hydrogen-bond acceptors (Lipinski definition) is 4. The van der Waals surface area contributed by atoms with Crippen LogP contribution in [0, 0.1) is 5.92 Å². The summed E-state index contributed by atoms with van der Waals surface area (Å²) in [6.07, 6.45) is 0.201. The van der Waals surface area contributed by atoms with E-state index in [0.29, 0.717) is 12.8 Å². The Labute approximate surface area is 202 Å². The Kier molecular flexibility index (Phi) is 7.05. The van der Waals surface area contributed by atoms with Gasteiger partial charge in [-0.1, -0.05) is 61.9 Å². The van der Waals surface area contributed by atoms with Crippen molar-refractivity contribution in [3.63, 3.8) is 0 Å². The Bertz CT molecular complexity index is 1080. The molecule has 9 heteroatoms. The van der Waals surface area contributed by atoms with Crippen LogP contribution in [-0.2, 0) is 14.3 Å². The second-order valence-corrected chi connectivity index (χ2v) is 9.09. The molecular weight excluding hydrogens is 458 g/mol. The number of nitrogens with zero attached hydrogens (tertiary/aromatic N) is 1. The number of hydrogen-bond donors (Lipinski definition) is 2. The van der Waals surface area contributed by atoms with Gasteiger partial charge in [0.2, 0.25) is 5.91 Å². The molecule has 1 fully saturated rings. The number of nitrogens with one attached hydrogen (secondary N) is 1. The summed E-state index contributed by atoms with van der Waals surface area (Å²) < 4.78 is 33.5. The van der Waals surface area contributed by atoms with Gasteiger partial charge in [0.05, 0.1) is 6.54 Å². The molecule has 1 unspecified atom stereocenters. The third-order valence-electron chi connectivity index (χ3n) is 6.69. The molecule has 2 aliphatic rings. The number of carboxylic acid groups (broad SMARTS) is 1. The van der Waals surface area contributed by atoms with Gasteiger partial charge in [-0.15, -0.1) is 0 Å². The molecule has 186 valence electrons. The fourth-order valence-electron chi connectivity index (χ4n) is 4.95. The van der Waals surface area contributed by atoms with E-state index < -0.39 is 48.9 Å². The van der Waals surface area contributed by atoms with Crippen LogP contribution in [0.5, 0.6) is 0 Å². The van der Waals surface area contributed by atoms with E-state index in [2.05, 4.69) is 5.32 Å². The van der Waals surface area contributed by atoms with Crippen molar-refractivity contribution in [1.29, 1.82) is 0 Å². The number of alkyl halides is 2. The molecule has 1 saturated heterocycles. The summed E-state index contributed by atoms with van der Waals surface area (Å²) >= 11 is 0. The maximum atomic E-state index is 14.0. The number of carboxylic acids is 1. The number of carbonyl (C=O) groups is 3. The van der Waals surface area contributed by atoms with Crippen molar-refractivity contribution in [3.05, 3.63) is 59.7 Å². The van der Waals surface area contributed by atoms with E-state index in [-0.39, 0.29) is 18.9 Å². The van der Waals surface area contributed by atoms with E-state index in [1.807, 2.05) is 55.5 Å². The topological polar surface area (TPSA) is 95.9 Å². The first kappa shape index (κ1) is 24.6. The predicted octanol–water partition coefficient (Wildman–Crippen LogP) is 4.26. The summed E-state index contributed by atoms with van der Waals surface area (Å²) in [4.78, 5) is 37.2. The molecule has 35 heavy (non-hydrogen) atoms. The Morgan fingerprint density at radius 2 is 1.71 bits per heavy atom. The smallest absolute Gasteiger partial charge is 0.407 e. The predicted molar refractivity (Wildman–Crippen MR) is 124 cm³/mol. The minimum Gasteiger partial charge on any atom is -0.481 e. The van der Waals surface area contributed by atoms with E-state index in [9.17, 15) is 23.2 Å². The van der Waals surface area contributed by atoms with Crippen molar-refractivity contribution in [3.8, 4) is 11.1 Å². The molecular formula is C26H28F2N2O5. The molecule has 1 aliphatic heterocycles. The molecule has 2 aromatic rings. The maximum absolute atomic E-state index is 14.0. The summed E-state index contributed by atoms with van der Waals surface area (Å²) in [5, 5.41) is 11.7. The zero-order valence-electron chi connectivity index (χ0n) is 19.4. The quantitative estimate of drug-likeness (QED) is 0.581. The molecule has 0 saturated carbocycles. The summed E-state index contributed by atoms with van der Waals surface area (Å²) in [6.45, 7) is 0.504. The second-order valence-electron chi connectivity index (χ2n) is 9.09. The number of rotatable bonds is 8. The number of alkyl carbamates (subject to hydrolysis) is 1. The van der Waals surface area contributed by atoms with E-state index in [4.69, 9.17) is 9.84 Å². The van der Waals surface area contributed by atoms with Gasteiger partial charge < -0.3 is 20.1 Å². The molecule has 2 N–H and O–H groups in total. The SMILES string of the molecule is CCC[C@H](CC(=O)N1CC(C(=O)O)C(F)(F)C1)NC(=O)OCC1c2ccccc2-c2ccccc21. The van der Waals surface area contributed by atoms with Gasteiger partial charge >= 0.3 is 12.1 Å². The van der Waals surface area contributed by atoms with E-state index in [1.165, 1.54) is 0 Å². The summed E-state index contributed by atoms with van der Waals surface area (Å²) in [5.41, 5.74) is 4.36. The maximum Gasteiger partial charge on any atom is 0.407 e. The lowest BCUT2D eigenvalue weighted by Gasteiger charge is -2.22. The van der Waals surface area contributed by atoms with Crippen LogP contribution in [-0.4, -0.2) is 59.6 Å². The average Bonchev–Trinajstić information content (AvgIpc) is 3.32. The highest BCUT2D eigenvalue weighted by molar-refractivity contribution is 5.81. The van der Waals surface area contributed by atoms with Crippen LogP contribution >= 0.6 is 0 Å². The third kappa shape index (κ3) is 5.13. The van der Waals surface area contributed by atoms with Crippen LogP contribution in [0.15, 0.2) is 48.5 Å². The van der Waals surface area contributed by atoms with Gasteiger partial charge in [-0.05, 0) is 28.7 Å². The lowest BCUT2D eigenvalue weighted by molar-refractivity contribution is -0.151. The lowest BCUT2D eigenvalue weighted by atomic mass is 9.98. The zero-order valence-corrected chi connectivity index (χ0v) is 19.4. The number of halogens is 2. The monoisotopic (exact) mass is 486 g/mol. The molecule has 0 spiro atoms. The molecule has 0 bridgehead atoms. The minimum atomic E-state index is -3.48. The molecule has 2 atom stereocenters. The molecule has 7 nitrogen and oxygen atoms in total. The first-order valence-corrected chi connectivity index (χ1v) is 11.7. The highest BCUT2D eigenvalue weighted by Gasteiger charge is 2.53. The van der Waals surface area contributed by atoms with Crippen LogP contribution in [0.2, 0.25) is 0 Å². The standard InChI is InChI=1S/C26H28F2N2O5/c1-2-7-16(12-23(31)30-13-22(24(32)33)26(27,28)15-30)29-25(34)35-14-21-19-10-5-3-8-17(19)18-9-4-6-11-20(18)21/h3-6,8-11,16,21-22H,2,7,12-15H2,1H3,(H,29,34)(H,32,33)/t16-,22?/m1/s1. The summed E-state index contributed by atoms with van der Waals surface area (Å²) in [6, 6.07) is 15.3. The van der Waals surface area contributed by atoms with Gasteiger partial charge in [0.1, 0.15) is 12.5 Å². The van der Waals surface area contributed by atoms with Crippen molar-refractivity contribution >= 4 is 18.0 Å². The van der Waals surface area contributed by atoms with Gasteiger partial charge in [0, 0.05) is 24.9 Å². The Morgan fingerprint density at radius 1 is 1.11 bits per heavy atom. The van der Waals surface area contributed by atoms with Crippen molar-refractivity contribution in [2.75, 3.05) is 19.7 Å². The number of fused-ring (bicyclic) bond motifs is 3. The molecule has 0 aromatic heterocycles. The molecule has 1 aliphatic carbocycles. The molecule has 4 rings (SSSR count). The van der Waals surface area contributed by atoms with Gasteiger partial charge in [-0.2, -0.15) is 0 Å². The second kappa shape index (κ2) is 10.0. The molecule has 0 radical (unpaired) electrons. The van der Waals surface area contributed by atoms with Crippen LogP contribution in [0.4, 0.5) is 13.6 Å². The summed E-state index contributed by atoms with van der Waals surface area (Å²) in [7, 11) is 0. The van der Waals surface area contributed by atoms with Crippen molar-refractivity contribution < 1.29 is 33.0 Å². The van der Waals surface area contributed by atoms with Crippen LogP contribution in [0.1, 0.15) is 43.2 Å². The average molecular weight is 487 g/mol. The van der Waals surface area contributed by atoms with Crippen LogP contribution < -0.4 is 5.32 Å². The lowest BCUT2D eigenvalue weighted by Crippen LogP contribution is -2.41. The number of ether oxygens (including phenoxy) is 1. The van der Waals surface area contributed by atoms with Crippen molar-refractivity contribution in [2.45, 2.75) is 44.1 Å². The number of amides is 2. The van der Waals surface area contributed by atoms with Gasteiger partial charge in [-0.25, -0.2) is 13.6 Å². The van der Waals surface area contributed by atoms with E-state index in [0.717, 1.165) is 27.2 Å². The molecule has 1 heterocycles. The Balaban J connectivity index is 1.36. The van der Waals surface area contributed by atoms with Gasteiger partial charge in [0.25, 0.3) is 5.92 Å².